The fourth-order valence-corrected chi connectivity index (χ4v) is 8.27. The largest absolute Gasteiger partial charge is 0.531 e. The Balaban J connectivity index is 2.20. The first-order valence-corrected chi connectivity index (χ1v) is 12.3. The molecular weight excluding hydrogens is 447 g/mol. The van der Waals surface area contributed by atoms with Crippen molar-refractivity contribution in [3.63, 3.8) is 0 Å². The summed E-state index contributed by atoms with van der Waals surface area (Å²) in [6, 6.07) is 23.8. The lowest BCUT2D eigenvalue weighted by Gasteiger charge is -2.43. The van der Waals surface area contributed by atoms with Gasteiger partial charge in [0.1, 0.15) is 5.75 Å². The molecular formula is C25H26F3NO3Si. The van der Waals surface area contributed by atoms with Crippen LogP contribution >= 0.6 is 0 Å². The van der Waals surface area contributed by atoms with Gasteiger partial charge in [-0.2, -0.15) is 13.2 Å². The Hall–Kier alpha value is -3.26. The van der Waals surface area contributed by atoms with Crippen LogP contribution in [0.4, 0.5) is 18.9 Å². The Morgan fingerprint density at radius 2 is 1.33 bits per heavy atom. The highest BCUT2D eigenvalue weighted by molar-refractivity contribution is 7.00. The topological polar surface area (TPSA) is 47.6 Å². The van der Waals surface area contributed by atoms with Crippen LogP contribution < -0.4 is 24.9 Å². The van der Waals surface area contributed by atoms with Crippen molar-refractivity contribution in [2.75, 3.05) is 12.4 Å². The van der Waals surface area contributed by atoms with Gasteiger partial charge in [0.15, 0.2) is 5.75 Å². The number of halogens is 3. The molecule has 33 heavy (non-hydrogen) atoms. The van der Waals surface area contributed by atoms with Gasteiger partial charge < -0.3 is 14.5 Å². The molecule has 0 aliphatic heterocycles. The SMILES string of the molecule is COc1ccc(NC(=O)C(F)(F)F)cc1O[Si](c1ccccc1)(c1ccccc1)C(C)(C)C. The molecule has 3 aromatic rings. The van der Waals surface area contributed by atoms with E-state index < -0.39 is 20.4 Å². The minimum absolute atomic E-state index is 0.0361. The van der Waals surface area contributed by atoms with Gasteiger partial charge in [-0.25, -0.2) is 0 Å². The number of methoxy groups -OCH3 is 1. The van der Waals surface area contributed by atoms with E-state index in [1.165, 1.54) is 25.3 Å². The molecule has 0 aromatic heterocycles. The number of hydrogen-bond donors (Lipinski definition) is 1. The number of rotatable bonds is 6. The predicted octanol–water partition coefficient (Wildman–Crippen LogP) is 5.13. The first-order chi connectivity index (χ1) is 15.5. The number of carbonyl (C=O) groups is 1. The minimum atomic E-state index is -5.00. The van der Waals surface area contributed by atoms with Crippen LogP contribution in [0.25, 0.3) is 0 Å². The van der Waals surface area contributed by atoms with E-state index in [2.05, 4.69) is 20.8 Å². The molecule has 0 radical (unpaired) electrons. The number of carbonyl (C=O) groups excluding carboxylic acids is 1. The van der Waals surface area contributed by atoms with Crippen molar-refractivity contribution in [3.05, 3.63) is 78.9 Å². The number of amides is 1. The molecule has 0 spiro atoms. The third-order valence-electron chi connectivity index (χ3n) is 5.36. The zero-order chi connectivity index (χ0) is 24.3. The molecule has 0 aliphatic rings. The van der Waals surface area contributed by atoms with Gasteiger partial charge in [0.25, 0.3) is 0 Å². The molecule has 4 nitrogen and oxygen atoms in total. The first kappa shape index (κ1) is 24.4. The Bertz CT molecular complexity index is 1060. The molecule has 3 aromatic carbocycles. The molecule has 0 fully saturated rings. The number of nitrogens with one attached hydrogen (secondary N) is 1. The second-order valence-corrected chi connectivity index (χ2v) is 12.8. The van der Waals surface area contributed by atoms with Gasteiger partial charge >= 0.3 is 20.4 Å². The molecule has 8 heteroatoms. The van der Waals surface area contributed by atoms with E-state index in [4.69, 9.17) is 9.16 Å². The normalized spacial score (nSPS) is 12.2. The van der Waals surface area contributed by atoms with Crippen LogP contribution in [0.15, 0.2) is 78.9 Å². The van der Waals surface area contributed by atoms with Crippen molar-refractivity contribution >= 4 is 30.3 Å². The summed E-state index contributed by atoms with van der Waals surface area (Å²) in [6.07, 6.45) is -5.00. The van der Waals surface area contributed by atoms with Crippen LogP contribution in [-0.2, 0) is 4.79 Å². The van der Waals surface area contributed by atoms with E-state index in [1.54, 1.807) is 0 Å². The summed E-state index contributed by atoms with van der Waals surface area (Å²) in [7, 11) is -1.59. The van der Waals surface area contributed by atoms with Crippen LogP contribution in [0, 0.1) is 0 Å². The third-order valence-corrected chi connectivity index (χ3v) is 10.3. The molecule has 174 valence electrons. The third kappa shape index (κ3) is 5.06. The fourth-order valence-electron chi connectivity index (χ4n) is 3.85. The van der Waals surface area contributed by atoms with E-state index in [9.17, 15) is 18.0 Å². The van der Waals surface area contributed by atoms with Crippen LogP contribution in [0.5, 0.6) is 11.5 Å². The highest BCUT2D eigenvalue weighted by Crippen LogP contribution is 2.41. The second-order valence-electron chi connectivity index (χ2n) is 8.58. The summed E-state index contributed by atoms with van der Waals surface area (Å²) in [5.41, 5.74) is -0.0361. The Morgan fingerprint density at radius 3 is 1.76 bits per heavy atom. The van der Waals surface area contributed by atoms with Crippen LogP contribution in [0.1, 0.15) is 20.8 Å². The average Bonchev–Trinajstić information content (AvgIpc) is 2.77. The highest BCUT2D eigenvalue weighted by atomic mass is 28.4. The van der Waals surface area contributed by atoms with Crippen LogP contribution in [0.3, 0.4) is 0 Å². The fraction of sp³-hybridized carbons (Fsp3) is 0.240. The quantitative estimate of drug-likeness (QED) is 0.505. The maximum atomic E-state index is 12.8. The van der Waals surface area contributed by atoms with Gasteiger partial charge in [-0.15, -0.1) is 0 Å². The molecule has 0 aliphatic carbocycles. The molecule has 0 saturated carbocycles. The van der Waals surface area contributed by atoms with E-state index in [0.29, 0.717) is 5.75 Å². The van der Waals surface area contributed by atoms with Gasteiger partial charge in [-0.1, -0.05) is 81.4 Å². The van der Waals surface area contributed by atoms with E-state index >= 15 is 0 Å². The summed E-state index contributed by atoms with van der Waals surface area (Å²) >= 11 is 0. The van der Waals surface area contributed by atoms with Gasteiger partial charge in [-0.3, -0.25) is 4.79 Å². The number of benzene rings is 3. The van der Waals surface area contributed by atoms with E-state index in [-0.39, 0.29) is 16.5 Å². The maximum absolute atomic E-state index is 12.8. The van der Waals surface area contributed by atoms with Crippen molar-refractivity contribution in [3.8, 4) is 11.5 Å². The first-order valence-electron chi connectivity index (χ1n) is 10.4. The van der Waals surface area contributed by atoms with Crippen LogP contribution in [0.2, 0.25) is 5.04 Å². The zero-order valence-electron chi connectivity index (χ0n) is 18.9. The van der Waals surface area contributed by atoms with Crippen molar-refractivity contribution in [2.45, 2.75) is 32.0 Å². The second kappa shape index (κ2) is 9.31. The highest BCUT2D eigenvalue weighted by Gasteiger charge is 2.52. The Labute approximate surface area is 192 Å². The average molecular weight is 474 g/mol. The molecule has 0 atom stereocenters. The lowest BCUT2D eigenvalue weighted by molar-refractivity contribution is -0.167. The molecule has 0 bridgehead atoms. The van der Waals surface area contributed by atoms with E-state index in [1.807, 2.05) is 66.0 Å². The van der Waals surface area contributed by atoms with Gasteiger partial charge in [0.05, 0.1) is 7.11 Å². The van der Waals surface area contributed by atoms with Gasteiger partial charge in [-0.05, 0) is 27.5 Å². The lowest BCUT2D eigenvalue weighted by Crippen LogP contribution is -2.68. The lowest BCUT2D eigenvalue weighted by atomic mass is 10.2. The van der Waals surface area contributed by atoms with Crippen molar-refractivity contribution in [1.82, 2.24) is 0 Å². The van der Waals surface area contributed by atoms with Crippen LogP contribution in [-0.4, -0.2) is 27.5 Å². The monoisotopic (exact) mass is 473 g/mol. The molecule has 1 amide bonds. The van der Waals surface area contributed by atoms with Crippen molar-refractivity contribution < 1.29 is 27.1 Å². The summed E-state index contributed by atoms with van der Waals surface area (Å²) in [5.74, 6) is -1.44. The molecule has 0 unspecified atom stereocenters. The van der Waals surface area contributed by atoms with E-state index in [0.717, 1.165) is 10.4 Å². The van der Waals surface area contributed by atoms with Crippen molar-refractivity contribution in [2.24, 2.45) is 0 Å². The standard InChI is InChI=1S/C25H26F3NO3Si/c1-24(2,3)33(19-11-7-5-8-12-19,20-13-9-6-10-14-20)32-22-17-18(15-16-21(22)31-4)29-23(30)25(26,27)28/h5-17H,1-4H3,(H,29,30). The van der Waals surface area contributed by atoms with Gasteiger partial charge in [0.2, 0.25) is 0 Å². The number of alkyl halides is 3. The Kier molecular flexibility index (Phi) is 6.88. The van der Waals surface area contributed by atoms with Gasteiger partial charge in [0, 0.05) is 11.8 Å². The molecule has 0 saturated heterocycles. The van der Waals surface area contributed by atoms with Crippen molar-refractivity contribution in [1.29, 1.82) is 0 Å². The molecule has 0 heterocycles. The summed E-state index contributed by atoms with van der Waals surface area (Å²) < 4.78 is 50.7. The summed E-state index contributed by atoms with van der Waals surface area (Å²) in [6.45, 7) is 6.25. The number of ether oxygens (including phenoxy) is 1. The number of hydrogen-bond acceptors (Lipinski definition) is 3. The maximum Gasteiger partial charge on any atom is 0.471 e. The number of anilines is 1. The molecule has 3 rings (SSSR count). The zero-order valence-corrected chi connectivity index (χ0v) is 19.9. The predicted molar refractivity (Wildman–Crippen MR) is 126 cm³/mol. The minimum Gasteiger partial charge on any atom is -0.531 e. The summed E-state index contributed by atoms with van der Waals surface area (Å²) in [5, 5.41) is 3.52. The summed E-state index contributed by atoms with van der Waals surface area (Å²) in [4.78, 5) is 11.5. The molecule has 1 N–H and O–H groups in total. The Morgan fingerprint density at radius 1 is 0.818 bits per heavy atom. The smallest absolute Gasteiger partial charge is 0.471 e.